The topological polar surface area (TPSA) is 44.5 Å². The van der Waals surface area contributed by atoms with Gasteiger partial charge < -0.3 is 15.2 Å². The number of aryl methyl sites for hydroxylation is 2. The summed E-state index contributed by atoms with van der Waals surface area (Å²) in [5.74, 6) is 0. The van der Waals surface area contributed by atoms with Crippen molar-refractivity contribution in [2.45, 2.75) is 32.5 Å². The van der Waals surface area contributed by atoms with Crippen molar-refractivity contribution in [2.75, 3.05) is 19.8 Å². The molecular formula is C12H19NO2S. The maximum absolute atomic E-state index is 5.53. The van der Waals surface area contributed by atoms with Crippen molar-refractivity contribution in [3.8, 4) is 0 Å². The van der Waals surface area contributed by atoms with E-state index in [1.54, 1.807) is 0 Å². The normalized spacial score (nSPS) is 17.1. The van der Waals surface area contributed by atoms with E-state index in [9.17, 15) is 0 Å². The highest BCUT2D eigenvalue weighted by Gasteiger charge is 2.22. The van der Waals surface area contributed by atoms with E-state index in [1.165, 1.54) is 21.7 Å². The molecule has 1 aliphatic heterocycles. The fourth-order valence-corrected chi connectivity index (χ4v) is 3.09. The molecule has 3 nitrogen and oxygen atoms in total. The zero-order valence-corrected chi connectivity index (χ0v) is 10.5. The summed E-state index contributed by atoms with van der Waals surface area (Å²) in [7, 11) is 0. The third kappa shape index (κ3) is 2.83. The van der Waals surface area contributed by atoms with Gasteiger partial charge in [-0.2, -0.15) is 0 Å². The van der Waals surface area contributed by atoms with E-state index in [0.717, 1.165) is 19.4 Å². The molecule has 0 bridgehead atoms. The second-order valence-corrected chi connectivity index (χ2v) is 5.25. The number of thiophene rings is 1. The van der Waals surface area contributed by atoms with E-state index in [-0.39, 0.29) is 6.29 Å². The standard InChI is InChI=1S/C12H19NO2S/c1-9-8-10(4-2-3-5-13)16-11(9)12-14-6-7-15-12/h8,12H,2-7,13H2,1H3. The van der Waals surface area contributed by atoms with Crippen molar-refractivity contribution in [1.29, 1.82) is 0 Å². The number of ether oxygens (including phenoxy) is 2. The first-order valence-electron chi connectivity index (χ1n) is 5.83. The lowest BCUT2D eigenvalue weighted by molar-refractivity contribution is -0.0417. The first kappa shape index (κ1) is 12.0. The minimum atomic E-state index is -0.117. The third-order valence-electron chi connectivity index (χ3n) is 2.72. The van der Waals surface area contributed by atoms with Gasteiger partial charge in [0.15, 0.2) is 6.29 Å². The van der Waals surface area contributed by atoms with Crippen molar-refractivity contribution >= 4 is 11.3 Å². The first-order chi connectivity index (χ1) is 7.81. The van der Waals surface area contributed by atoms with Gasteiger partial charge in [-0.1, -0.05) is 0 Å². The van der Waals surface area contributed by atoms with Crippen LogP contribution in [0.15, 0.2) is 6.07 Å². The van der Waals surface area contributed by atoms with E-state index in [0.29, 0.717) is 13.2 Å². The van der Waals surface area contributed by atoms with E-state index < -0.39 is 0 Å². The summed E-state index contributed by atoms with van der Waals surface area (Å²) in [4.78, 5) is 2.65. The lowest BCUT2D eigenvalue weighted by atomic mass is 10.2. The molecule has 0 atom stereocenters. The Balaban J connectivity index is 1.97. The molecule has 0 spiro atoms. The van der Waals surface area contributed by atoms with Crippen molar-refractivity contribution in [3.05, 3.63) is 21.4 Å². The van der Waals surface area contributed by atoms with Crippen LogP contribution in [0.2, 0.25) is 0 Å². The fourth-order valence-electron chi connectivity index (χ4n) is 1.87. The molecule has 90 valence electrons. The van der Waals surface area contributed by atoms with Gasteiger partial charge in [-0.05, 0) is 44.4 Å². The Morgan fingerprint density at radius 2 is 2.12 bits per heavy atom. The number of hydrogen-bond acceptors (Lipinski definition) is 4. The zero-order chi connectivity index (χ0) is 11.4. The Morgan fingerprint density at radius 3 is 2.81 bits per heavy atom. The largest absolute Gasteiger partial charge is 0.345 e. The number of hydrogen-bond donors (Lipinski definition) is 1. The Morgan fingerprint density at radius 1 is 1.38 bits per heavy atom. The molecule has 4 heteroatoms. The van der Waals surface area contributed by atoms with Crippen LogP contribution in [0.5, 0.6) is 0 Å². The molecule has 0 amide bonds. The van der Waals surface area contributed by atoms with E-state index >= 15 is 0 Å². The molecule has 0 unspecified atom stereocenters. The van der Waals surface area contributed by atoms with Gasteiger partial charge in [0.05, 0.1) is 18.1 Å². The molecule has 1 fully saturated rings. The maximum Gasteiger partial charge on any atom is 0.193 e. The van der Waals surface area contributed by atoms with Crippen molar-refractivity contribution in [2.24, 2.45) is 5.73 Å². The van der Waals surface area contributed by atoms with Gasteiger partial charge >= 0.3 is 0 Å². The van der Waals surface area contributed by atoms with Crippen LogP contribution in [0.1, 0.15) is 34.4 Å². The monoisotopic (exact) mass is 241 g/mol. The summed E-state index contributed by atoms with van der Waals surface area (Å²) in [6, 6.07) is 2.25. The quantitative estimate of drug-likeness (QED) is 0.805. The molecule has 1 aliphatic rings. The van der Waals surface area contributed by atoms with Gasteiger partial charge in [-0.3, -0.25) is 0 Å². The molecule has 0 saturated carbocycles. The Hall–Kier alpha value is -0.420. The summed E-state index contributed by atoms with van der Waals surface area (Å²) in [6.45, 7) is 4.34. The molecule has 16 heavy (non-hydrogen) atoms. The molecule has 2 rings (SSSR count). The maximum atomic E-state index is 5.53. The number of unbranched alkanes of at least 4 members (excludes halogenated alkanes) is 1. The second-order valence-electron chi connectivity index (χ2n) is 4.08. The SMILES string of the molecule is Cc1cc(CCCCN)sc1C1OCCO1. The zero-order valence-electron chi connectivity index (χ0n) is 9.70. The van der Waals surface area contributed by atoms with Gasteiger partial charge in [-0.15, -0.1) is 11.3 Å². The van der Waals surface area contributed by atoms with Crippen molar-refractivity contribution < 1.29 is 9.47 Å². The van der Waals surface area contributed by atoms with Crippen LogP contribution < -0.4 is 5.73 Å². The van der Waals surface area contributed by atoms with Crippen molar-refractivity contribution in [3.63, 3.8) is 0 Å². The molecular weight excluding hydrogens is 222 g/mol. The molecule has 1 saturated heterocycles. The molecule has 2 N–H and O–H groups in total. The van der Waals surface area contributed by atoms with Gasteiger partial charge in [0.25, 0.3) is 0 Å². The van der Waals surface area contributed by atoms with E-state index in [1.807, 2.05) is 11.3 Å². The highest BCUT2D eigenvalue weighted by Crippen LogP contribution is 2.33. The smallest absolute Gasteiger partial charge is 0.193 e. The predicted molar refractivity (Wildman–Crippen MR) is 65.7 cm³/mol. The Kier molecular flexibility index (Phi) is 4.35. The van der Waals surface area contributed by atoms with Gasteiger partial charge in [0.1, 0.15) is 0 Å². The summed E-state index contributed by atoms with van der Waals surface area (Å²) in [5.41, 5.74) is 6.78. The van der Waals surface area contributed by atoms with Crippen LogP contribution in [0.4, 0.5) is 0 Å². The minimum absolute atomic E-state index is 0.117. The van der Waals surface area contributed by atoms with Crippen LogP contribution in [0, 0.1) is 6.92 Å². The lowest BCUT2D eigenvalue weighted by Gasteiger charge is -2.06. The van der Waals surface area contributed by atoms with Crippen LogP contribution in [0.25, 0.3) is 0 Å². The number of nitrogens with two attached hydrogens (primary N) is 1. The third-order valence-corrected chi connectivity index (χ3v) is 4.04. The Bertz CT molecular complexity index is 332. The Labute approximate surface area is 101 Å². The molecule has 0 aromatic carbocycles. The highest BCUT2D eigenvalue weighted by atomic mass is 32.1. The van der Waals surface area contributed by atoms with Crippen LogP contribution in [-0.2, 0) is 15.9 Å². The van der Waals surface area contributed by atoms with Crippen molar-refractivity contribution in [1.82, 2.24) is 0 Å². The predicted octanol–water partition coefficient (Wildman–Crippen LogP) is 2.38. The fraction of sp³-hybridized carbons (Fsp3) is 0.667. The van der Waals surface area contributed by atoms with Gasteiger partial charge in [0.2, 0.25) is 0 Å². The molecule has 1 aromatic rings. The van der Waals surface area contributed by atoms with Gasteiger partial charge in [-0.25, -0.2) is 0 Å². The number of rotatable bonds is 5. The van der Waals surface area contributed by atoms with Crippen LogP contribution in [-0.4, -0.2) is 19.8 Å². The highest BCUT2D eigenvalue weighted by molar-refractivity contribution is 7.12. The van der Waals surface area contributed by atoms with Crippen LogP contribution >= 0.6 is 11.3 Å². The summed E-state index contributed by atoms with van der Waals surface area (Å²) in [5, 5.41) is 0. The average molecular weight is 241 g/mol. The molecule has 1 aromatic heterocycles. The summed E-state index contributed by atoms with van der Waals surface area (Å²) in [6.07, 6.45) is 3.27. The van der Waals surface area contributed by atoms with Gasteiger partial charge in [0, 0.05) is 4.88 Å². The lowest BCUT2D eigenvalue weighted by Crippen LogP contribution is -1.98. The average Bonchev–Trinajstić information content (AvgIpc) is 2.87. The minimum Gasteiger partial charge on any atom is -0.345 e. The summed E-state index contributed by atoms with van der Waals surface area (Å²) < 4.78 is 11.1. The summed E-state index contributed by atoms with van der Waals surface area (Å²) >= 11 is 1.82. The first-order valence-corrected chi connectivity index (χ1v) is 6.65. The van der Waals surface area contributed by atoms with Crippen LogP contribution in [0.3, 0.4) is 0 Å². The molecule has 2 heterocycles. The second kappa shape index (κ2) is 5.77. The molecule has 0 radical (unpaired) electrons. The van der Waals surface area contributed by atoms with E-state index in [2.05, 4.69) is 13.0 Å². The van der Waals surface area contributed by atoms with E-state index in [4.69, 9.17) is 15.2 Å². The molecule has 0 aliphatic carbocycles.